The molecular weight excluding hydrogens is 324 g/mol. The first-order valence-electron chi connectivity index (χ1n) is 8.99. The number of ether oxygens (including phenoxy) is 1. The Balaban J connectivity index is 2.09. The Morgan fingerprint density at radius 3 is 2.62 bits per heavy atom. The number of carbonyl (C=O) groups is 1. The highest BCUT2D eigenvalue weighted by Gasteiger charge is 2.43. The minimum Gasteiger partial charge on any atom is -0.493 e. The van der Waals surface area contributed by atoms with Gasteiger partial charge in [0.1, 0.15) is 11.4 Å². The molecular formula is C22H26N2O2. The number of fused-ring (bicyclic) bond motifs is 1. The van der Waals surface area contributed by atoms with Gasteiger partial charge in [-0.25, -0.2) is 0 Å². The van der Waals surface area contributed by atoms with Crippen molar-refractivity contribution < 1.29 is 9.53 Å². The first-order chi connectivity index (χ1) is 12.5. The molecule has 1 amide bonds. The monoisotopic (exact) mass is 350 g/mol. The minimum absolute atomic E-state index is 0.0135. The van der Waals surface area contributed by atoms with Crippen LogP contribution in [0.3, 0.4) is 0 Å². The fraction of sp³-hybridized carbons (Fsp3) is 0.318. The number of rotatable bonds is 6. The Hall–Kier alpha value is -2.75. The predicted octanol–water partition coefficient (Wildman–Crippen LogP) is 4.65. The van der Waals surface area contributed by atoms with Gasteiger partial charge in [0.2, 0.25) is 0 Å². The molecule has 0 aliphatic carbocycles. The average Bonchev–Trinajstić information content (AvgIpc) is 2.63. The van der Waals surface area contributed by atoms with Crippen molar-refractivity contribution in [1.82, 2.24) is 4.90 Å². The topological polar surface area (TPSA) is 41.6 Å². The molecule has 0 fully saturated rings. The molecule has 3 rings (SSSR count). The number of hydrogen-bond donors (Lipinski definition) is 1. The van der Waals surface area contributed by atoms with Gasteiger partial charge in [-0.2, -0.15) is 0 Å². The number of hydrogen-bond acceptors (Lipinski definition) is 3. The standard InChI is InChI=1S/C22H26N2O2/c1-5-14-24-21(25)17-10-6-8-12-19(17)23-22(24,4)18-11-7-9-13-20(18)26-15-16(2)3/h5-13,16,23H,1,14-15H2,2-4H3. The second kappa shape index (κ2) is 7.24. The summed E-state index contributed by atoms with van der Waals surface area (Å²) in [6, 6.07) is 15.5. The van der Waals surface area contributed by atoms with Crippen LogP contribution in [0.25, 0.3) is 0 Å². The summed E-state index contributed by atoms with van der Waals surface area (Å²) in [5.74, 6) is 1.19. The molecule has 1 unspecified atom stereocenters. The second-order valence-corrected chi connectivity index (χ2v) is 7.15. The summed E-state index contributed by atoms with van der Waals surface area (Å²) >= 11 is 0. The van der Waals surface area contributed by atoms with Gasteiger partial charge in [0.15, 0.2) is 0 Å². The van der Waals surface area contributed by atoms with Crippen molar-refractivity contribution in [2.75, 3.05) is 18.5 Å². The highest BCUT2D eigenvalue weighted by molar-refractivity contribution is 6.02. The van der Waals surface area contributed by atoms with Gasteiger partial charge in [-0.15, -0.1) is 6.58 Å². The van der Waals surface area contributed by atoms with Crippen molar-refractivity contribution in [3.05, 3.63) is 72.3 Å². The molecule has 0 spiro atoms. The van der Waals surface area contributed by atoms with E-state index in [4.69, 9.17) is 4.74 Å². The van der Waals surface area contributed by atoms with Crippen molar-refractivity contribution in [3.63, 3.8) is 0 Å². The van der Waals surface area contributed by atoms with Crippen LogP contribution in [0.1, 0.15) is 36.7 Å². The summed E-state index contributed by atoms with van der Waals surface area (Å²) in [6.07, 6.45) is 1.75. The summed E-state index contributed by atoms with van der Waals surface area (Å²) < 4.78 is 6.06. The van der Waals surface area contributed by atoms with E-state index in [0.29, 0.717) is 24.6 Å². The third kappa shape index (κ3) is 3.19. The van der Waals surface area contributed by atoms with E-state index in [1.807, 2.05) is 55.5 Å². The van der Waals surface area contributed by atoms with E-state index in [-0.39, 0.29) is 5.91 Å². The lowest BCUT2D eigenvalue weighted by Gasteiger charge is -2.46. The SMILES string of the molecule is C=CCN1C(=O)c2ccccc2NC1(C)c1ccccc1OCC(C)C. The van der Waals surface area contributed by atoms with Crippen molar-refractivity contribution in [2.45, 2.75) is 26.4 Å². The Bertz CT molecular complexity index is 815. The van der Waals surface area contributed by atoms with Crippen LogP contribution in [-0.2, 0) is 5.66 Å². The number of amides is 1. The molecule has 0 saturated carbocycles. The Labute approximate surface area is 155 Å². The lowest BCUT2D eigenvalue weighted by atomic mass is 9.92. The highest BCUT2D eigenvalue weighted by atomic mass is 16.5. The van der Waals surface area contributed by atoms with Crippen LogP contribution in [-0.4, -0.2) is 24.0 Å². The maximum absolute atomic E-state index is 13.2. The molecule has 1 heterocycles. The zero-order valence-electron chi connectivity index (χ0n) is 15.7. The molecule has 4 heteroatoms. The molecule has 26 heavy (non-hydrogen) atoms. The van der Waals surface area contributed by atoms with Crippen LogP contribution < -0.4 is 10.1 Å². The normalized spacial score (nSPS) is 19.1. The van der Waals surface area contributed by atoms with Crippen LogP contribution in [0.15, 0.2) is 61.2 Å². The Morgan fingerprint density at radius 1 is 1.19 bits per heavy atom. The van der Waals surface area contributed by atoms with Crippen LogP contribution in [0.2, 0.25) is 0 Å². The summed E-state index contributed by atoms with van der Waals surface area (Å²) in [4.78, 5) is 15.0. The molecule has 1 atom stereocenters. The predicted molar refractivity (Wildman–Crippen MR) is 105 cm³/mol. The van der Waals surface area contributed by atoms with Crippen molar-refractivity contribution in [1.29, 1.82) is 0 Å². The van der Waals surface area contributed by atoms with E-state index < -0.39 is 5.66 Å². The maximum Gasteiger partial charge on any atom is 0.258 e. The van der Waals surface area contributed by atoms with Crippen LogP contribution >= 0.6 is 0 Å². The third-order valence-electron chi connectivity index (χ3n) is 4.62. The van der Waals surface area contributed by atoms with E-state index >= 15 is 0 Å². The summed E-state index contributed by atoms with van der Waals surface area (Å²) in [7, 11) is 0. The van der Waals surface area contributed by atoms with Gasteiger partial charge in [0.25, 0.3) is 5.91 Å². The van der Waals surface area contributed by atoms with Gasteiger partial charge < -0.3 is 15.0 Å². The fourth-order valence-electron chi connectivity index (χ4n) is 3.32. The smallest absolute Gasteiger partial charge is 0.258 e. The van der Waals surface area contributed by atoms with Gasteiger partial charge in [0.05, 0.1) is 12.2 Å². The van der Waals surface area contributed by atoms with Crippen molar-refractivity contribution >= 4 is 11.6 Å². The highest BCUT2D eigenvalue weighted by Crippen LogP contribution is 2.41. The molecule has 2 aromatic carbocycles. The first-order valence-corrected chi connectivity index (χ1v) is 8.99. The molecule has 0 aromatic heterocycles. The maximum atomic E-state index is 13.2. The molecule has 0 bridgehead atoms. The van der Waals surface area contributed by atoms with Crippen LogP contribution in [0.4, 0.5) is 5.69 Å². The lowest BCUT2D eigenvalue weighted by Crippen LogP contribution is -2.56. The zero-order valence-corrected chi connectivity index (χ0v) is 15.7. The molecule has 0 radical (unpaired) electrons. The van der Waals surface area contributed by atoms with E-state index in [1.54, 1.807) is 11.0 Å². The van der Waals surface area contributed by atoms with Crippen molar-refractivity contribution in [2.24, 2.45) is 5.92 Å². The first kappa shape index (κ1) is 18.1. The Morgan fingerprint density at radius 2 is 1.88 bits per heavy atom. The van der Waals surface area contributed by atoms with Gasteiger partial charge >= 0.3 is 0 Å². The van der Waals surface area contributed by atoms with Gasteiger partial charge in [-0.1, -0.05) is 50.3 Å². The molecule has 4 nitrogen and oxygen atoms in total. The van der Waals surface area contributed by atoms with E-state index in [0.717, 1.165) is 17.0 Å². The van der Waals surface area contributed by atoms with Gasteiger partial charge in [-0.05, 0) is 31.0 Å². The van der Waals surface area contributed by atoms with Crippen LogP contribution in [0, 0.1) is 5.92 Å². The molecule has 136 valence electrons. The fourth-order valence-corrected chi connectivity index (χ4v) is 3.32. The van der Waals surface area contributed by atoms with E-state index in [2.05, 4.69) is 25.7 Å². The van der Waals surface area contributed by atoms with E-state index in [1.165, 1.54) is 0 Å². The average molecular weight is 350 g/mol. The molecule has 1 aliphatic heterocycles. The molecule has 2 aromatic rings. The summed E-state index contributed by atoms with van der Waals surface area (Å²) in [5.41, 5.74) is 1.71. The lowest BCUT2D eigenvalue weighted by molar-refractivity contribution is 0.0566. The number of para-hydroxylation sites is 2. The quantitative estimate of drug-likeness (QED) is 0.771. The van der Waals surface area contributed by atoms with E-state index in [9.17, 15) is 4.79 Å². The number of nitrogens with one attached hydrogen (secondary N) is 1. The molecule has 0 saturated heterocycles. The third-order valence-corrected chi connectivity index (χ3v) is 4.62. The second-order valence-electron chi connectivity index (χ2n) is 7.15. The van der Waals surface area contributed by atoms with Gasteiger partial charge in [-0.3, -0.25) is 4.79 Å². The zero-order chi connectivity index (χ0) is 18.7. The summed E-state index contributed by atoms with van der Waals surface area (Å²) in [6.45, 7) is 11.1. The molecule has 1 N–H and O–H groups in total. The number of nitrogens with zero attached hydrogens (tertiary/aromatic N) is 1. The largest absolute Gasteiger partial charge is 0.493 e. The number of carbonyl (C=O) groups excluding carboxylic acids is 1. The Kier molecular flexibility index (Phi) is 5.03. The molecule has 1 aliphatic rings. The minimum atomic E-state index is -0.729. The van der Waals surface area contributed by atoms with Crippen LogP contribution in [0.5, 0.6) is 5.75 Å². The van der Waals surface area contributed by atoms with Gasteiger partial charge in [0, 0.05) is 17.8 Å². The number of benzene rings is 2. The van der Waals surface area contributed by atoms with Crippen molar-refractivity contribution in [3.8, 4) is 5.75 Å². The summed E-state index contributed by atoms with van der Waals surface area (Å²) in [5, 5.41) is 3.56. The number of anilines is 1.